The Kier molecular flexibility index (Phi) is 108. The molecule has 0 atom stereocenters. The molecule has 0 aromatic rings. The minimum absolute atomic E-state index is 0.740. The highest BCUT2D eigenvalue weighted by Gasteiger charge is 1.85. The molecule has 0 radical (unpaired) electrons. The average Bonchev–Trinajstić information content (AvgIpc) is 2.53. The Hall–Kier alpha value is -0.510. The second-order valence-electron chi connectivity index (χ2n) is 3.32. The largest absolute Gasteiger partial charge is 0.198 e. The molecule has 0 aliphatic heterocycles. The van der Waals surface area contributed by atoms with Crippen LogP contribution in [0.2, 0.25) is 0 Å². The molecule has 0 N–H and O–H groups in total. The lowest BCUT2D eigenvalue weighted by Crippen LogP contribution is -1.75. The number of hydrogen-bond acceptors (Lipinski definition) is 1. The van der Waals surface area contributed by atoms with E-state index in [-0.39, 0.29) is 0 Å². The van der Waals surface area contributed by atoms with Crippen LogP contribution in [0.5, 0.6) is 0 Å². The predicted molar refractivity (Wildman–Crippen MR) is 93.6 cm³/mol. The first kappa shape index (κ1) is 31.1. The van der Waals surface area contributed by atoms with Crippen LogP contribution in [0.25, 0.3) is 0 Å². The van der Waals surface area contributed by atoms with Gasteiger partial charge in [0.2, 0.25) is 0 Å². The van der Waals surface area contributed by atoms with E-state index in [4.69, 9.17) is 5.26 Å². The molecule has 1 heteroatoms. The Balaban J connectivity index is -0.0000000549. The molecule has 0 aromatic heterocycles. The third-order valence-corrected chi connectivity index (χ3v) is 1.89. The van der Waals surface area contributed by atoms with Gasteiger partial charge in [-0.25, -0.2) is 0 Å². The normalized spacial score (nSPS) is 6.74. The Morgan fingerprint density at radius 3 is 1.21 bits per heavy atom. The van der Waals surface area contributed by atoms with E-state index in [0.717, 1.165) is 12.8 Å². The van der Waals surface area contributed by atoms with E-state index in [1.54, 1.807) is 0 Å². The first-order valence-electron chi connectivity index (χ1n) is 8.70. The van der Waals surface area contributed by atoms with Crippen molar-refractivity contribution >= 4 is 0 Å². The van der Waals surface area contributed by atoms with Crippen LogP contribution in [0, 0.1) is 11.3 Å². The van der Waals surface area contributed by atoms with Crippen LogP contribution in [0.4, 0.5) is 0 Å². The molecule has 19 heavy (non-hydrogen) atoms. The highest BCUT2D eigenvalue weighted by atomic mass is 14.2. The topological polar surface area (TPSA) is 23.8 Å². The second kappa shape index (κ2) is 66.0. The van der Waals surface area contributed by atoms with Gasteiger partial charge in [-0.1, -0.05) is 101 Å². The van der Waals surface area contributed by atoms with Gasteiger partial charge < -0.3 is 0 Å². The van der Waals surface area contributed by atoms with E-state index in [0.29, 0.717) is 0 Å². The molecule has 1 nitrogen and oxygen atoms in total. The highest BCUT2D eigenvalue weighted by molar-refractivity contribution is 4.67. The number of nitrogens with zero attached hydrogens (tertiary/aromatic N) is 1. The monoisotopic (exact) mass is 273 g/mol. The van der Waals surface area contributed by atoms with Crippen molar-refractivity contribution in [2.45, 2.75) is 114 Å². The molecule has 0 unspecified atom stereocenters. The average molecular weight is 274 g/mol. The molecule has 0 bridgehead atoms. The van der Waals surface area contributed by atoms with Gasteiger partial charge in [0.25, 0.3) is 0 Å². The summed E-state index contributed by atoms with van der Waals surface area (Å²) < 4.78 is 0. The zero-order chi connectivity index (χ0) is 16.4. The van der Waals surface area contributed by atoms with Gasteiger partial charge in [0.1, 0.15) is 0 Å². The van der Waals surface area contributed by atoms with E-state index in [2.05, 4.69) is 26.8 Å². The summed E-state index contributed by atoms with van der Waals surface area (Å²) in [5, 5.41) is 8.17. The Morgan fingerprint density at radius 1 is 0.579 bits per heavy atom. The van der Waals surface area contributed by atoms with Crippen LogP contribution < -0.4 is 0 Å². The summed E-state index contributed by atoms with van der Waals surface area (Å²) in [7, 11) is 0. The second-order valence-corrected chi connectivity index (χ2v) is 3.32. The van der Waals surface area contributed by atoms with Crippen LogP contribution in [-0.2, 0) is 0 Å². The van der Waals surface area contributed by atoms with E-state index in [1.807, 2.05) is 41.5 Å². The van der Waals surface area contributed by atoms with Crippen molar-refractivity contribution in [2.75, 3.05) is 0 Å². The molecule has 120 valence electrons. The van der Waals surface area contributed by atoms with Crippen molar-refractivity contribution < 1.29 is 0 Å². The maximum atomic E-state index is 8.17. The van der Waals surface area contributed by atoms with Crippen molar-refractivity contribution in [3.05, 3.63) is 0 Å². The van der Waals surface area contributed by atoms with Gasteiger partial charge in [0.05, 0.1) is 6.07 Å². The first-order valence-corrected chi connectivity index (χ1v) is 8.70. The predicted octanol–water partition coefficient (Wildman–Crippen LogP) is 7.76. The molecule has 0 rings (SSSR count). The summed E-state index contributed by atoms with van der Waals surface area (Å²) in [6.45, 7) is 18.6. The van der Waals surface area contributed by atoms with Gasteiger partial charge in [0.15, 0.2) is 0 Å². The maximum Gasteiger partial charge on any atom is 0.0621 e. The minimum Gasteiger partial charge on any atom is -0.198 e. The van der Waals surface area contributed by atoms with Crippen LogP contribution in [-0.4, -0.2) is 0 Å². The lowest BCUT2D eigenvalue weighted by atomic mass is 10.1. The summed E-state index contributed by atoms with van der Waals surface area (Å²) in [6.07, 6.45) is 9.62. The Bertz CT molecular complexity index is 101. The number of hydrogen-bond donors (Lipinski definition) is 0. The van der Waals surface area contributed by atoms with Crippen LogP contribution >= 0.6 is 0 Å². The number of rotatable bonds is 6. The molecular formula is C18H43N. The Labute approximate surface area is 125 Å². The van der Waals surface area contributed by atoms with Crippen molar-refractivity contribution in [1.82, 2.24) is 0 Å². The third kappa shape index (κ3) is 99.6. The van der Waals surface area contributed by atoms with Crippen molar-refractivity contribution in [1.29, 1.82) is 5.26 Å². The van der Waals surface area contributed by atoms with Gasteiger partial charge in [0, 0.05) is 6.42 Å². The zero-order valence-corrected chi connectivity index (χ0v) is 15.6. The smallest absolute Gasteiger partial charge is 0.0621 e. The molecule has 0 amide bonds. The molecule has 0 spiro atoms. The van der Waals surface area contributed by atoms with Gasteiger partial charge in [-0.15, -0.1) is 0 Å². The Morgan fingerprint density at radius 2 is 0.947 bits per heavy atom. The van der Waals surface area contributed by atoms with Crippen LogP contribution in [0.1, 0.15) is 114 Å². The quantitative estimate of drug-likeness (QED) is 0.454. The van der Waals surface area contributed by atoms with E-state index >= 15 is 0 Å². The fraction of sp³-hybridized carbons (Fsp3) is 0.944. The van der Waals surface area contributed by atoms with E-state index < -0.39 is 0 Å². The SMILES string of the molecule is CC.CC.CC.CCCC.CCCCCCCC#N. The van der Waals surface area contributed by atoms with E-state index in [1.165, 1.54) is 38.5 Å². The molecule has 0 aromatic carbocycles. The molecule has 0 aliphatic rings. The van der Waals surface area contributed by atoms with Crippen LogP contribution in [0.3, 0.4) is 0 Å². The zero-order valence-electron chi connectivity index (χ0n) is 15.6. The summed E-state index contributed by atoms with van der Waals surface area (Å²) >= 11 is 0. The van der Waals surface area contributed by atoms with Crippen LogP contribution in [0.15, 0.2) is 0 Å². The lowest BCUT2D eigenvalue weighted by molar-refractivity contribution is 0.640. The third-order valence-electron chi connectivity index (χ3n) is 1.89. The lowest BCUT2D eigenvalue weighted by Gasteiger charge is -1.92. The molecular weight excluding hydrogens is 230 g/mol. The van der Waals surface area contributed by atoms with Crippen molar-refractivity contribution in [2.24, 2.45) is 0 Å². The standard InChI is InChI=1S/C8H15N.C4H10.3C2H6/c1-2-3-4-5-6-7-8-9;1-3-4-2;3*1-2/h2-7H2,1H3;3-4H2,1-2H3;3*1-2H3. The van der Waals surface area contributed by atoms with E-state index in [9.17, 15) is 0 Å². The molecule has 0 heterocycles. The molecule has 0 saturated carbocycles. The first-order chi connectivity index (χ1) is 9.33. The van der Waals surface area contributed by atoms with Gasteiger partial charge in [-0.05, 0) is 6.42 Å². The number of unbranched alkanes of at least 4 members (excludes halogenated alkanes) is 6. The maximum absolute atomic E-state index is 8.17. The molecule has 0 fully saturated rings. The number of nitriles is 1. The fourth-order valence-corrected chi connectivity index (χ4v) is 0.808. The summed E-state index contributed by atoms with van der Waals surface area (Å²) in [5.74, 6) is 0. The highest BCUT2D eigenvalue weighted by Crippen LogP contribution is 2.03. The summed E-state index contributed by atoms with van der Waals surface area (Å²) in [4.78, 5) is 0. The fourth-order valence-electron chi connectivity index (χ4n) is 0.808. The molecule has 0 aliphatic carbocycles. The molecule has 0 saturated heterocycles. The van der Waals surface area contributed by atoms with Crippen molar-refractivity contribution in [3.63, 3.8) is 0 Å². The summed E-state index contributed by atoms with van der Waals surface area (Å²) in [6, 6.07) is 2.14. The minimum atomic E-state index is 0.740. The van der Waals surface area contributed by atoms with Gasteiger partial charge in [-0.3, -0.25) is 0 Å². The summed E-state index contributed by atoms with van der Waals surface area (Å²) in [5.41, 5.74) is 0. The van der Waals surface area contributed by atoms with Crippen molar-refractivity contribution in [3.8, 4) is 6.07 Å². The van der Waals surface area contributed by atoms with Gasteiger partial charge in [-0.2, -0.15) is 5.26 Å². The van der Waals surface area contributed by atoms with Gasteiger partial charge >= 0.3 is 0 Å².